The molecule has 0 spiro atoms. The number of benzene rings is 2. The van der Waals surface area contributed by atoms with Crippen molar-refractivity contribution in [2.45, 2.75) is 6.23 Å². The molecule has 2 rings (SSSR count). The lowest BCUT2D eigenvalue weighted by Crippen LogP contribution is -2.29. The summed E-state index contributed by atoms with van der Waals surface area (Å²) in [4.78, 5) is 22.0. The highest BCUT2D eigenvalue weighted by Crippen LogP contribution is 2.18. The van der Waals surface area contributed by atoms with Gasteiger partial charge in [0.1, 0.15) is 0 Å². The van der Waals surface area contributed by atoms with Crippen molar-refractivity contribution in [3.05, 3.63) is 70.3 Å². The Morgan fingerprint density at radius 3 is 2.50 bits per heavy atom. The number of non-ortho nitro benzene ring substituents is 1. The predicted molar refractivity (Wildman–Crippen MR) is 73.5 cm³/mol. The summed E-state index contributed by atoms with van der Waals surface area (Å²) in [5.74, 6) is -0.503. The van der Waals surface area contributed by atoms with Crippen LogP contribution in [0.4, 0.5) is 11.4 Å². The Morgan fingerprint density at radius 2 is 1.85 bits per heavy atom. The molecule has 6 heteroatoms. The van der Waals surface area contributed by atoms with Crippen molar-refractivity contribution in [3.8, 4) is 0 Å². The number of aliphatic hydroxyl groups excluding tert-OH is 1. The SMILES string of the molecule is O=C(c1ccccc1)C(O)Nc1cccc([N+](=O)[O-])c1. The van der Waals surface area contributed by atoms with Gasteiger partial charge in [-0.05, 0) is 6.07 Å². The molecule has 20 heavy (non-hydrogen) atoms. The number of nitro benzene ring substituents is 1. The molecule has 102 valence electrons. The molecule has 0 radical (unpaired) electrons. The summed E-state index contributed by atoms with van der Waals surface area (Å²) in [6.07, 6.45) is -1.46. The first-order valence-corrected chi connectivity index (χ1v) is 5.86. The van der Waals surface area contributed by atoms with Gasteiger partial charge in [-0.3, -0.25) is 14.9 Å². The second-order valence-electron chi connectivity index (χ2n) is 4.08. The number of rotatable bonds is 5. The van der Waals surface area contributed by atoms with Gasteiger partial charge in [0.2, 0.25) is 5.78 Å². The van der Waals surface area contributed by atoms with E-state index in [1.54, 1.807) is 30.3 Å². The Kier molecular flexibility index (Phi) is 4.07. The second kappa shape index (κ2) is 5.94. The molecule has 0 bridgehead atoms. The number of nitrogens with zero attached hydrogens (tertiary/aromatic N) is 1. The summed E-state index contributed by atoms with van der Waals surface area (Å²) in [6.45, 7) is 0. The number of anilines is 1. The largest absolute Gasteiger partial charge is 0.367 e. The number of ketones is 1. The molecule has 2 N–H and O–H groups in total. The monoisotopic (exact) mass is 272 g/mol. The summed E-state index contributed by atoms with van der Waals surface area (Å²) in [5.41, 5.74) is 0.545. The molecule has 1 atom stereocenters. The molecule has 0 heterocycles. The van der Waals surface area contributed by atoms with Crippen LogP contribution in [0.2, 0.25) is 0 Å². The van der Waals surface area contributed by atoms with Crippen molar-refractivity contribution >= 4 is 17.2 Å². The van der Waals surface area contributed by atoms with Gasteiger partial charge in [0, 0.05) is 23.4 Å². The van der Waals surface area contributed by atoms with E-state index in [0.717, 1.165) is 0 Å². The van der Waals surface area contributed by atoms with E-state index in [9.17, 15) is 20.0 Å². The molecule has 0 fully saturated rings. The van der Waals surface area contributed by atoms with Gasteiger partial charge >= 0.3 is 0 Å². The van der Waals surface area contributed by atoms with E-state index in [-0.39, 0.29) is 5.69 Å². The average Bonchev–Trinajstić information content (AvgIpc) is 2.47. The Labute approximate surface area is 114 Å². The lowest BCUT2D eigenvalue weighted by Gasteiger charge is -2.12. The number of hydrogen-bond acceptors (Lipinski definition) is 5. The number of carbonyl (C=O) groups excluding carboxylic acids is 1. The number of Topliss-reactive ketones (excluding diaryl/α,β-unsaturated/α-hetero) is 1. The normalized spacial score (nSPS) is 11.7. The zero-order valence-electron chi connectivity index (χ0n) is 10.4. The molecule has 2 aromatic carbocycles. The average molecular weight is 272 g/mol. The maximum Gasteiger partial charge on any atom is 0.271 e. The Hall–Kier alpha value is -2.73. The Bertz CT molecular complexity index is 628. The van der Waals surface area contributed by atoms with Crippen molar-refractivity contribution in [1.29, 1.82) is 0 Å². The van der Waals surface area contributed by atoms with E-state index in [0.29, 0.717) is 11.3 Å². The quantitative estimate of drug-likeness (QED) is 0.377. The van der Waals surface area contributed by atoms with Crippen LogP contribution in [0.15, 0.2) is 54.6 Å². The van der Waals surface area contributed by atoms with Crippen molar-refractivity contribution in [2.75, 3.05) is 5.32 Å². The zero-order chi connectivity index (χ0) is 14.5. The van der Waals surface area contributed by atoms with Crippen molar-refractivity contribution < 1.29 is 14.8 Å². The topological polar surface area (TPSA) is 92.5 Å². The molecule has 6 nitrogen and oxygen atoms in total. The first-order chi connectivity index (χ1) is 9.58. The number of aliphatic hydroxyl groups is 1. The predicted octanol–water partition coefficient (Wildman–Crippen LogP) is 2.21. The first kappa shape index (κ1) is 13.7. The van der Waals surface area contributed by atoms with Crippen LogP contribution in [0.5, 0.6) is 0 Å². The van der Waals surface area contributed by atoms with E-state index in [4.69, 9.17) is 0 Å². The van der Waals surface area contributed by atoms with E-state index >= 15 is 0 Å². The van der Waals surface area contributed by atoms with Crippen LogP contribution in [0.1, 0.15) is 10.4 Å². The second-order valence-corrected chi connectivity index (χ2v) is 4.08. The van der Waals surface area contributed by atoms with E-state index in [1.165, 1.54) is 24.3 Å². The van der Waals surface area contributed by atoms with E-state index < -0.39 is 16.9 Å². The molecule has 0 amide bonds. The van der Waals surface area contributed by atoms with Gasteiger partial charge < -0.3 is 10.4 Å². The molecule has 0 saturated heterocycles. The number of nitrogens with one attached hydrogen (secondary N) is 1. The van der Waals surface area contributed by atoms with E-state index in [2.05, 4.69) is 5.32 Å². The van der Waals surface area contributed by atoms with Crippen LogP contribution >= 0.6 is 0 Å². The molecule has 0 saturated carbocycles. The van der Waals surface area contributed by atoms with Crippen molar-refractivity contribution in [2.24, 2.45) is 0 Å². The van der Waals surface area contributed by atoms with Crippen LogP contribution in [0.25, 0.3) is 0 Å². The summed E-state index contributed by atoms with van der Waals surface area (Å²) < 4.78 is 0. The third kappa shape index (κ3) is 3.18. The summed E-state index contributed by atoms with van der Waals surface area (Å²) in [5, 5.41) is 23.0. The molecular weight excluding hydrogens is 260 g/mol. The van der Waals surface area contributed by atoms with Gasteiger partial charge in [0.05, 0.1) is 4.92 Å². The van der Waals surface area contributed by atoms with Crippen molar-refractivity contribution in [1.82, 2.24) is 0 Å². The zero-order valence-corrected chi connectivity index (χ0v) is 10.4. The molecule has 0 aliphatic carbocycles. The van der Waals surface area contributed by atoms with Gasteiger partial charge in [-0.15, -0.1) is 0 Å². The molecule has 0 aliphatic heterocycles. The highest BCUT2D eigenvalue weighted by atomic mass is 16.6. The van der Waals surface area contributed by atoms with Crippen LogP contribution in [-0.4, -0.2) is 22.0 Å². The third-order valence-corrected chi connectivity index (χ3v) is 2.67. The van der Waals surface area contributed by atoms with Gasteiger partial charge in [-0.25, -0.2) is 0 Å². The fourth-order valence-electron chi connectivity index (χ4n) is 1.69. The van der Waals surface area contributed by atoms with E-state index in [1.807, 2.05) is 0 Å². The fourth-order valence-corrected chi connectivity index (χ4v) is 1.69. The smallest absolute Gasteiger partial charge is 0.271 e. The summed E-state index contributed by atoms with van der Waals surface area (Å²) >= 11 is 0. The minimum Gasteiger partial charge on any atom is -0.367 e. The van der Waals surface area contributed by atoms with Crippen LogP contribution in [0.3, 0.4) is 0 Å². The fraction of sp³-hybridized carbons (Fsp3) is 0.0714. The molecule has 0 aromatic heterocycles. The van der Waals surface area contributed by atoms with Gasteiger partial charge in [-0.1, -0.05) is 36.4 Å². The minimum absolute atomic E-state index is 0.116. The maximum absolute atomic E-state index is 11.9. The Morgan fingerprint density at radius 1 is 1.15 bits per heavy atom. The lowest BCUT2D eigenvalue weighted by atomic mass is 10.1. The number of hydrogen-bond donors (Lipinski definition) is 2. The molecule has 0 aliphatic rings. The first-order valence-electron chi connectivity index (χ1n) is 5.86. The summed E-state index contributed by atoms with van der Waals surface area (Å²) in [6, 6.07) is 13.9. The Balaban J connectivity index is 2.12. The lowest BCUT2D eigenvalue weighted by molar-refractivity contribution is -0.384. The number of nitro groups is 1. The van der Waals surface area contributed by atoms with Crippen LogP contribution in [-0.2, 0) is 0 Å². The van der Waals surface area contributed by atoms with Crippen molar-refractivity contribution in [3.63, 3.8) is 0 Å². The standard InChI is InChI=1S/C14H12N2O4/c17-13(10-5-2-1-3-6-10)14(18)15-11-7-4-8-12(9-11)16(19)20/h1-9,14-15,18H. The summed E-state index contributed by atoms with van der Waals surface area (Å²) in [7, 11) is 0. The molecular formula is C14H12N2O4. The molecule has 1 unspecified atom stereocenters. The molecule has 2 aromatic rings. The highest BCUT2D eigenvalue weighted by Gasteiger charge is 2.17. The number of carbonyl (C=O) groups is 1. The van der Waals surface area contributed by atoms with Gasteiger partial charge in [-0.2, -0.15) is 0 Å². The van der Waals surface area contributed by atoms with Crippen LogP contribution < -0.4 is 5.32 Å². The highest BCUT2D eigenvalue weighted by molar-refractivity contribution is 6.00. The third-order valence-electron chi connectivity index (χ3n) is 2.67. The van der Waals surface area contributed by atoms with Gasteiger partial charge in [0.15, 0.2) is 6.23 Å². The van der Waals surface area contributed by atoms with Crippen LogP contribution in [0, 0.1) is 10.1 Å². The maximum atomic E-state index is 11.9. The minimum atomic E-state index is -1.46. The van der Waals surface area contributed by atoms with Gasteiger partial charge in [0.25, 0.3) is 5.69 Å².